The molecule has 0 bridgehead atoms. The fourth-order valence-corrected chi connectivity index (χ4v) is 11.4. The Labute approximate surface area is 442 Å². The molecule has 2 aromatic heterocycles. The summed E-state index contributed by atoms with van der Waals surface area (Å²) in [6.07, 6.45) is 6.47. The van der Waals surface area contributed by atoms with Gasteiger partial charge in [-0.2, -0.15) is 0 Å². The number of carboxylic acids is 1. The number of para-hydroxylation sites is 1. The Hall–Kier alpha value is -6.68. The third-order valence-electron chi connectivity index (χ3n) is 13.3. The number of rotatable bonds is 24. The van der Waals surface area contributed by atoms with E-state index >= 15 is 0 Å². The Kier molecular flexibility index (Phi) is 18.2. The maximum Gasteiger partial charge on any atom is 0.411 e. The van der Waals surface area contributed by atoms with Crippen LogP contribution in [0.2, 0.25) is 0 Å². The number of carbonyl (C=O) groups is 5. The molecule has 22 heteroatoms. The zero-order chi connectivity index (χ0) is 54.1. The number of alkyl carbamates (subject to hydrolysis) is 1. The minimum atomic E-state index is -4.50. The lowest BCUT2D eigenvalue weighted by Crippen LogP contribution is -2.56. The zero-order valence-corrected chi connectivity index (χ0v) is 45.1. The average Bonchev–Trinajstić information content (AvgIpc) is 3.76. The number of hydrogen-bond donors (Lipinski definition) is 6. The Morgan fingerprint density at radius 3 is 2.40 bits per heavy atom. The number of benzene rings is 2. The highest BCUT2D eigenvalue weighted by Crippen LogP contribution is 2.46. The normalized spacial score (nSPS) is 20.0. The van der Waals surface area contributed by atoms with Crippen LogP contribution < -0.4 is 35.5 Å². The van der Waals surface area contributed by atoms with Gasteiger partial charge >= 0.3 is 18.2 Å². The molecule has 1 saturated heterocycles. The second kappa shape index (κ2) is 24.3. The van der Waals surface area contributed by atoms with E-state index in [9.17, 15) is 37.5 Å². The van der Waals surface area contributed by atoms with Crippen molar-refractivity contribution in [2.45, 2.75) is 158 Å². The molecule has 5 atom stereocenters. The van der Waals surface area contributed by atoms with Gasteiger partial charge in [-0.05, 0) is 104 Å². The van der Waals surface area contributed by atoms with Crippen molar-refractivity contribution in [2.24, 2.45) is 5.92 Å². The smallest absolute Gasteiger partial charge is 0.411 e. The first-order valence-electron chi connectivity index (χ1n) is 25.6. The number of pyridine rings is 1. The first-order valence-corrected chi connectivity index (χ1v) is 28.0. The lowest BCUT2D eigenvalue weighted by Gasteiger charge is -2.29. The number of aliphatic carboxylic acids is 1. The van der Waals surface area contributed by atoms with E-state index in [0.717, 1.165) is 50.1 Å². The van der Waals surface area contributed by atoms with E-state index < -0.39 is 75.2 Å². The SMILES string of the molecule is C=C[C@@H]1C[C@]1(NC(=O)[C@@H]1C[C@@H](Oc2cc(-c3csc(NC(C)C)n3)nc3cc(OC)ccc23)CN1C(=O)OC(C)(C)C)C(=O)NS(=O)(=O)c1ccccc1NCCCCCCC[C@H](NC(=O)OC1CCCC1)C(=O)O. The van der Waals surface area contributed by atoms with Crippen molar-refractivity contribution in [3.8, 4) is 22.9 Å². The molecule has 6 N–H and O–H groups in total. The molecule has 75 heavy (non-hydrogen) atoms. The molecule has 3 heterocycles. The second-order valence-corrected chi connectivity index (χ2v) is 23.1. The minimum Gasteiger partial charge on any atom is -0.497 e. The molecule has 0 unspecified atom stereocenters. The monoisotopic (exact) mass is 1070 g/mol. The molecule has 1 aliphatic heterocycles. The molecule has 2 aromatic carbocycles. The second-order valence-electron chi connectivity index (χ2n) is 20.6. The number of amides is 4. The van der Waals surface area contributed by atoms with Crippen LogP contribution >= 0.6 is 11.3 Å². The fourth-order valence-electron chi connectivity index (χ4n) is 9.34. The van der Waals surface area contributed by atoms with Crippen LogP contribution in [-0.2, 0) is 33.9 Å². The lowest BCUT2D eigenvalue weighted by atomic mass is 10.1. The number of carboxylic acid groups (broad SMARTS) is 1. The van der Waals surface area contributed by atoms with Gasteiger partial charge in [0.15, 0.2) is 5.13 Å². The number of likely N-dealkylation sites (tertiary alicyclic amines) is 1. The minimum absolute atomic E-state index is 0.00563. The van der Waals surface area contributed by atoms with Crippen molar-refractivity contribution in [3.63, 3.8) is 0 Å². The van der Waals surface area contributed by atoms with E-state index in [0.29, 0.717) is 53.2 Å². The van der Waals surface area contributed by atoms with Gasteiger partial charge in [-0.3, -0.25) is 14.5 Å². The first-order chi connectivity index (χ1) is 35.7. The summed E-state index contributed by atoms with van der Waals surface area (Å²) in [5, 5.41) is 24.7. The van der Waals surface area contributed by atoms with Crippen LogP contribution in [0.5, 0.6) is 11.5 Å². The molecular weight excluding hydrogens is 1000 g/mol. The van der Waals surface area contributed by atoms with Crippen LogP contribution in [0.25, 0.3) is 22.3 Å². The summed E-state index contributed by atoms with van der Waals surface area (Å²) in [5.41, 5.74) is -0.637. The van der Waals surface area contributed by atoms with E-state index in [-0.39, 0.29) is 48.5 Å². The number of anilines is 2. The van der Waals surface area contributed by atoms with Gasteiger partial charge in [-0.25, -0.2) is 37.5 Å². The van der Waals surface area contributed by atoms with Gasteiger partial charge in [0.1, 0.15) is 57.5 Å². The number of carbonyl (C=O) groups excluding carboxylic acids is 4. The summed E-state index contributed by atoms with van der Waals surface area (Å²) >= 11 is 1.44. The largest absolute Gasteiger partial charge is 0.497 e. The van der Waals surface area contributed by atoms with Gasteiger partial charge in [-0.1, -0.05) is 43.9 Å². The van der Waals surface area contributed by atoms with Crippen molar-refractivity contribution in [3.05, 3.63) is 66.6 Å². The highest BCUT2D eigenvalue weighted by Gasteiger charge is 2.61. The first kappa shape index (κ1) is 56.1. The molecular formula is C53H70N8O12S2. The Balaban J connectivity index is 0.986. The standard InChI is InChI=1S/C53H70N8O12S2/c1-8-33-29-53(33,48(65)60-75(68,69)45-22-16-15-20-38(45)54-25-17-11-9-10-12-21-39(47(63)64)58-50(66)72-34-18-13-14-19-34)59-46(62)43-27-36(30-61(43)51(67)73-52(4,5)6)71-44-28-41(42-31-74-49(57-42)55-32(2)3)56-40-26-35(70-7)23-24-37(40)44/h8,15-16,20,22-24,26,28,31-34,36,39,43,54H,1,9-14,17-19,21,25,27,29-30H2,2-7H3,(H,55,57)(H,58,66)(H,59,62)(H,60,65)(H,63,64)/t33-,36-,39+,43+,53-/m1/s1. The van der Waals surface area contributed by atoms with Gasteiger partial charge < -0.3 is 45.3 Å². The lowest BCUT2D eigenvalue weighted by molar-refractivity contribution is -0.139. The van der Waals surface area contributed by atoms with Gasteiger partial charge in [0.25, 0.3) is 15.9 Å². The Bertz CT molecular complexity index is 2830. The van der Waals surface area contributed by atoms with Gasteiger partial charge in [0.05, 0.1) is 30.6 Å². The molecule has 0 spiro atoms. The van der Waals surface area contributed by atoms with Crippen molar-refractivity contribution in [1.29, 1.82) is 0 Å². The number of nitrogens with zero attached hydrogens (tertiary/aromatic N) is 3. The molecule has 2 saturated carbocycles. The molecule has 4 aromatic rings. The highest BCUT2D eigenvalue weighted by molar-refractivity contribution is 7.90. The van der Waals surface area contributed by atoms with Crippen molar-refractivity contribution >= 4 is 73.1 Å². The van der Waals surface area contributed by atoms with E-state index in [1.165, 1.54) is 34.4 Å². The van der Waals surface area contributed by atoms with Crippen LogP contribution in [0.3, 0.4) is 0 Å². The van der Waals surface area contributed by atoms with Gasteiger partial charge in [-0.15, -0.1) is 17.9 Å². The quantitative estimate of drug-likeness (QED) is 0.0284. The number of fused-ring (bicyclic) bond motifs is 1. The van der Waals surface area contributed by atoms with Gasteiger partial charge in [0, 0.05) is 47.8 Å². The van der Waals surface area contributed by atoms with Crippen molar-refractivity contribution in [1.82, 2.24) is 30.2 Å². The van der Waals surface area contributed by atoms with E-state index in [1.54, 1.807) is 58.2 Å². The third kappa shape index (κ3) is 14.6. The van der Waals surface area contributed by atoms with E-state index in [4.69, 9.17) is 28.9 Å². The van der Waals surface area contributed by atoms with Crippen LogP contribution in [-0.4, -0.2) is 120 Å². The van der Waals surface area contributed by atoms with Crippen molar-refractivity contribution < 1.29 is 56.4 Å². The molecule has 0 radical (unpaired) electrons. The maximum atomic E-state index is 14.5. The molecule has 4 amide bonds. The van der Waals surface area contributed by atoms with E-state index in [1.807, 2.05) is 25.3 Å². The number of thiazole rings is 1. The Morgan fingerprint density at radius 2 is 1.71 bits per heavy atom. The third-order valence-corrected chi connectivity index (χ3v) is 15.4. The molecule has 3 fully saturated rings. The number of unbranched alkanes of at least 4 members (excludes halogenated alkanes) is 4. The van der Waals surface area contributed by atoms with Crippen LogP contribution in [0.1, 0.15) is 112 Å². The summed E-state index contributed by atoms with van der Waals surface area (Å²) in [6.45, 7) is 13.3. The summed E-state index contributed by atoms with van der Waals surface area (Å²) in [4.78, 5) is 77.4. The summed E-state index contributed by atoms with van der Waals surface area (Å²) in [5.74, 6) is -2.41. The van der Waals surface area contributed by atoms with Gasteiger partial charge in [0.2, 0.25) is 5.91 Å². The number of hydrogen-bond acceptors (Lipinski definition) is 16. The maximum absolute atomic E-state index is 14.5. The topological polar surface area (TPSA) is 266 Å². The van der Waals surface area contributed by atoms with Crippen LogP contribution in [0.15, 0.2) is 71.5 Å². The number of ether oxygens (including phenoxy) is 4. The molecule has 7 rings (SSSR count). The average molecular weight is 1080 g/mol. The molecule has 406 valence electrons. The Morgan fingerprint density at radius 1 is 0.973 bits per heavy atom. The number of nitrogens with one attached hydrogen (secondary N) is 5. The van der Waals surface area contributed by atoms with E-state index in [2.05, 4.69) is 32.6 Å². The zero-order valence-electron chi connectivity index (χ0n) is 43.4. The fraction of sp³-hybridized carbons (Fsp3) is 0.528. The summed E-state index contributed by atoms with van der Waals surface area (Å²) < 4.78 is 53.6. The molecule has 20 nitrogen and oxygen atoms in total. The number of methoxy groups -OCH3 is 1. The van der Waals surface area contributed by atoms with Crippen LogP contribution in [0, 0.1) is 5.92 Å². The molecule has 3 aliphatic rings. The van der Waals surface area contributed by atoms with Crippen molar-refractivity contribution in [2.75, 3.05) is 30.8 Å². The van der Waals surface area contributed by atoms with Crippen LogP contribution in [0.4, 0.5) is 20.4 Å². The molecule has 2 aliphatic carbocycles. The number of sulfonamides is 1. The summed E-state index contributed by atoms with van der Waals surface area (Å²) in [7, 11) is -2.94. The predicted octanol–water partition coefficient (Wildman–Crippen LogP) is 8.38. The highest BCUT2D eigenvalue weighted by atomic mass is 32.2. The summed E-state index contributed by atoms with van der Waals surface area (Å²) in [6, 6.07) is 11.2. The number of aromatic nitrogens is 2. The predicted molar refractivity (Wildman–Crippen MR) is 284 cm³/mol.